The number of nitro benzene ring substituents is 2. The van der Waals surface area contributed by atoms with Gasteiger partial charge in [0, 0.05) is 12.4 Å². The van der Waals surface area contributed by atoms with E-state index in [0.29, 0.717) is 6.07 Å². The molecule has 4 N–H and O–H groups in total. The maximum Gasteiger partial charge on any atom is 0.349 e. The van der Waals surface area contributed by atoms with Crippen molar-refractivity contribution in [1.29, 1.82) is 0 Å². The molecule has 1 heterocycles. The van der Waals surface area contributed by atoms with Crippen LogP contribution in [-0.2, 0) is 9.85 Å². The third kappa shape index (κ3) is 2.90. The lowest BCUT2D eigenvalue weighted by Gasteiger charge is -2.26. The summed E-state index contributed by atoms with van der Waals surface area (Å²) in [5.74, 6) is 0. The van der Waals surface area contributed by atoms with Gasteiger partial charge in [-0.25, -0.2) is 4.98 Å². The lowest BCUT2D eigenvalue weighted by atomic mass is 10.0. The Morgan fingerprint density at radius 3 is 2.25 bits per heavy atom. The van der Waals surface area contributed by atoms with Crippen molar-refractivity contribution in [3.8, 4) is 5.69 Å². The summed E-state index contributed by atoms with van der Waals surface area (Å²) >= 11 is 0. The molecular formula is C11H12N5O7P. The van der Waals surface area contributed by atoms with Gasteiger partial charge < -0.3 is 20.1 Å². The summed E-state index contributed by atoms with van der Waals surface area (Å²) < 4.78 is 12.8. The van der Waals surface area contributed by atoms with Crippen molar-refractivity contribution in [2.75, 3.05) is 0 Å². The molecule has 1 atom stereocenters. The fraction of sp³-hybridized carbons (Fsp3) is 0.182. The Hall–Kier alpha value is -2.66. The predicted molar refractivity (Wildman–Crippen MR) is 80.5 cm³/mol. The van der Waals surface area contributed by atoms with Crippen LogP contribution in [0.5, 0.6) is 0 Å². The van der Waals surface area contributed by atoms with E-state index in [4.69, 9.17) is 5.73 Å². The van der Waals surface area contributed by atoms with Crippen molar-refractivity contribution < 1.29 is 24.2 Å². The summed E-state index contributed by atoms with van der Waals surface area (Å²) in [6.07, 6.45) is 3.85. The normalized spacial score (nSPS) is 14.2. The Labute approximate surface area is 134 Å². The van der Waals surface area contributed by atoms with Gasteiger partial charge in [-0.15, -0.1) is 0 Å². The monoisotopic (exact) mass is 357 g/mol. The molecule has 13 heteroatoms. The van der Waals surface area contributed by atoms with Crippen LogP contribution < -0.4 is 5.73 Å². The average molecular weight is 357 g/mol. The molecule has 128 valence electrons. The first-order chi connectivity index (χ1) is 11.0. The summed E-state index contributed by atoms with van der Waals surface area (Å²) in [6.45, 7) is 0.916. The molecule has 1 unspecified atom stereocenters. The number of imidazole rings is 1. The predicted octanol–water partition coefficient (Wildman–Crippen LogP) is 0.998. The molecule has 24 heavy (non-hydrogen) atoms. The lowest BCUT2D eigenvalue weighted by molar-refractivity contribution is -0.394. The molecule has 0 bridgehead atoms. The molecule has 0 aliphatic heterocycles. The number of nitrogens with zero attached hydrogens (tertiary/aromatic N) is 4. The van der Waals surface area contributed by atoms with Crippen molar-refractivity contribution in [1.82, 2.24) is 9.55 Å². The van der Waals surface area contributed by atoms with Gasteiger partial charge in [0.25, 0.3) is 11.4 Å². The molecular weight excluding hydrogens is 345 g/mol. The fourth-order valence-electron chi connectivity index (χ4n) is 2.03. The molecule has 0 spiro atoms. The number of nitrogens with two attached hydrogens (primary N) is 1. The van der Waals surface area contributed by atoms with Crippen molar-refractivity contribution in [3.05, 3.63) is 56.6 Å². The summed E-state index contributed by atoms with van der Waals surface area (Å²) in [4.78, 5) is 43.2. The molecule has 0 saturated carbocycles. The molecule has 0 radical (unpaired) electrons. The molecule has 0 aliphatic rings. The zero-order valence-electron chi connectivity index (χ0n) is 12.1. The van der Waals surface area contributed by atoms with Crippen LogP contribution in [0.1, 0.15) is 12.5 Å². The van der Waals surface area contributed by atoms with Crippen molar-refractivity contribution in [3.63, 3.8) is 0 Å². The first-order valence-electron chi connectivity index (χ1n) is 6.27. The third-order valence-electron chi connectivity index (χ3n) is 3.42. The minimum Gasteiger partial charge on any atom is -0.323 e. The SMILES string of the molecule is CC(N)(c1cc(-n2ccnc2)c([N+](=O)[O-])cc1[N+](=O)[O-])P(=O)(O)O. The van der Waals surface area contributed by atoms with Crippen molar-refractivity contribution in [2.45, 2.75) is 12.2 Å². The van der Waals surface area contributed by atoms with E-state index in [1.54, 1.807) is 0 Å². The van der Waals surface area contributed by atoms with Gasteiger partial charge in [-0.2, -0.15) is 0 Å². The molecule has 2 rings (SSSR count). The van der Waals surface area contributed by atoms with E-state index in [1.165, 1.54) is 23.3 Å². The summed E-state index contributed by atoms with van der Waals surface area (Å²) in [6, 6.07) is 1.53. The standard InChI is InChI=1S/C11H12N5O7P/c1-11(12,24(21,22)23)7-4-9(14-3-2-13-6-14)10(16(19)20)5-8(7)15(17)18/h2-6H,12H2,1H3,(H2,21,22,23). The first kappa shape index (κ1) is 17.7. The van der Waals surface area contributed by atoms with Crippen LogP contribution in [-0.4, -0.2) is 29.2 Å². The van der Waals surface area contributed by atoms with E-state index in [-0.39, 0.29) is 5.69 Å². The van der Waals surface area contributed by atoms with Gasteiger partial charge in [0.2, 0.25) is 0 Å². The highest BCUT2D eigenvalue weighted by atomic mass is 31.2. The van der Waals surface area contributed by atoms with Gasteiger partial charge >= 0.3 is 7.60 Å². The van der Waals surface area contributed by atoms with Crippen LogP contribution in [0.3, 0.4) is 0 Å². The Kier molecular flexibility index (Phi) is 4.25. The Morgan fingerprint density at radius 2 is 1.83 bits per heavy atom. The largest absolute Gasteiger partial charge is 0.349 e. The van der Waals surface area contributed by atoms with Gasteiger partial charge in [-0.1, -0.05) is 0 Å². The number of rotatable bonds is 5. The van der Waals surface area contributed by atoms with Gasteiger partial charge in [0.1, 0.15) is 11.0 Å². The number of hydrogen-bond acceptors (Lipinski definition) is 7. The van der Waals surface area contributed by atoms with Gasteiger partial charge in [0.05, 0.1) is 27.8 Å². The number of hydrogen-bond donors (Lipinski definition) is 3. The Bertz CT molecular complexity index is 858. The third-order valence-corrected chi connectivity index (χ3v) is 4.87. The fourth-order valence-corrected chi connectivity index (χ4v) is 2.53. The second-order valence-electron chi connectivity index (χ2n) is 5.03. The molecule has 1 aromatic heterocycles. The molecule has 12 nitrogen and oxygen atoms in total. The molecule has 0 amide bonds. The molecule has 0 saturated heterocycles. The number of aromatic nitrogens is 2. The zero-order valence-corrected chi connectivity index (χ0v) is 13.0. The Morgan fingerprint density at radius 1 is 1.25 bits per heavy atom. The second-order valence-corrected chi connectivity index (χ2v) is 7.05. The highest BCUT2D eigenvalue weighted by Gasteiger charge is 2.46. The highest BCUT2D eigenvalue weighted by molar-refractivity contribution is 7.53. The van der Waals surface area contributed by atoms with Crippen LogP contribution in [0.4, 0.5) is 11.4 Å². The molecule has 2 aromatic rings. The van der Waals surface area contributed by atoms with Crippen molar-refractivity contribution in [2.24, 2.45) is 5.73 Å². The first-order valence-corrected chi connectivity index (χ1v) is 7.88. The average Bonchev–Trinajstić information content (AvgIpc) is 2.98. The van der Waals surface area contributed by atoms with E-state index in [1.807, 2.05) is 0 Å². The summed E-state index contributed by atoms with van der Waals surface area (Å²) in [5, 5.41) is 20.0. The Balaban J connectivity index is 2.89. The smallest absolute Gasteiger partial charge is 0.323 e. The van der Waals surface area contributed by atoms with E-state index >= 15 is 0 Å². The highest BCUT2D eigenvalue weighted by Crippen LogP contribution is 2.55. The van der Waals surface area contributed by atoms with Gasteiger partial charge in [-0.05, 0) is 13.0 Å². The second kappa shape index (κ2) is 5.76. The maximum atomic E-state index is 11.6. The van der Waals surface area contributed by atoms with E-state index in [0.717, 1.165) is 13.0 Å². The minimum atomic E-state index is -5.01. The zero-order chi connectivity index (χ0) is 18.3. The van der Waals surface area contributed by atoms with Crippen LogP contribution in [0.2, 0.25) is 0 Å². The summed E-state index contributed by atoms with van der Waals surface area (Å²) in [7, 11) is -5.01. The number of benzene rings is 1. The molecule has 0 fully saturated rings. The topological polar surface area (TPSA) is 188 Å². The van der Waals surface area contributed by atoms with Crippen LogP contribution in [0.15, 0.2) is 30.9 Å². The van der Waals surface area contributed by atoms with Gasteiger partial charge in [0.15, 0.2) is 0 Å². The van der Waals surface area contributed by atoms with Crippen LogP contribution >= 0.6 is 7.60 Å². The lowest BCUT2D eigenvalue weighted by Crippen LogP contribution is -2.33. The van der Waals surface area contributed by atoms with E-state index < -0.39 is 39.7 Å². The molecule has 0 aliphatic carbocycles. The van der Waals surface area contributed by atoms with Crippen LogP contribution in [0, 0.1) is 20.2 Å². The minimum absolute atomic E-state index is 0.164. The van der Waals surface area contributed by atoms with E-state index in [9.17, 15) is 34.6 Å². The molecule has 1 aromatic carbocycles. The maximum absolute atomic E-state index is 11.6. The number of nitro groups is 2. The summed E-state index contributed by atoms with van der Waals surface area (Å²) in [5.41, 5.74) is 3.45. The quantitative estimate of drug-likeness (QED) is 0.398. The van der Waals surface area contributed by atoms with Crippen molar-refractivity contribution >= 4 is 19.0 Å². The van der Waals surface area contributed by atoms with Gasteiger partial charge in [-0.3, -0.25) is 24.8 Å². The van der Waals surface area contributed by atoms with E-state index in [2.05, 4.69) is 4.98 Å². The van der Waals surface area contributed by atoms with Crippen LogP contribution in [0.25, 0.3) is 5.69 Å².